The van der Waals surface area contributed by atoms with Crippen LogP contribution in [0.4, 0.5) is 0 Å². The minimum Gasteiger partial charge on any atom is -0.493 e. The summed E-state index contributed by atoms with van der Waals surface area (Å²) in [6, 6.07) is 6.09. The molecule has 152 valence electrons. The maximum atomic E-state index is 5.39. The van der Waals surface area contributed by atoms with Gasteiger partial charge >= 0.3 is 0 Å². The standard InChI is InChI=1S/C21H36N4O2/c1-17(16-25-11-6-7-12-25)15-23-21(22-2)24(3)13-10-18-8-9-19(26-4)20(14-18)27-5/h8-9,14,17H,6-7,10-13,15-16H2,1-5H3,(H,22,23). The summed E-state index contributed by atoms with van der Waals surface area (Å²) in [6.45, 7) is 7.82. The lowest BCUT2D eigenvalue weighted by molar-refractivity contribution is 0.286. The lowest BCUT2D eigenvalue weighted by Gasteiger charge is -2.25. The summed E-state index contributed by atoms with van der Waals surface area (Å²) in [7, 11) is 7.26. The van der Waals surface area contributed by atoms with Gasteiger partial charge in [-0.05, 0) is 56.0 Å². The third-order valence-electron chi connectivity index (χ3n) is 5.13. The van der Waals surface area contributed by atoms with E-state index in [1.54, 1.807) is 14.2 Å². The van der Waals surface area contributed by atoms with E-state index in [1.165, 1.54) is 38.0 Å². The molecule has 0 bridgehead atoms. The number of likely N-dealkylation sites (N-methyl/N-ethyl adjacent to an activating group) is 1. The summed E-state index contributed by atoms with van der Waals surface area (Å²) in [4.78, 5) is 9.18. The van der Waals surface area contributed by atoms with Crippen molar-refractivity contribution < 1.29 is 9.47 Å². The predicted octanol–water partition coefficient (Wildman–Crippen LogP) is 2.49. The van der Waals surface area contributed by atoms with E-state index in [9.17, 15) is 0 Å². The number of nitrogens with zero attached hydrogens (tertiary/aromatic N) is 3. The molecule has 0 aliphatic carbocycles. The number of aliphatic imine (C=N–C) groups is 1. The van der Waals surface area contributed by atoms with Crippen LogP contribution in [-0.4, -0.2) is 76.8 Å². The first kappa shape index (κ1) is 21.4. The normalized spacial score (nSPS) is 16.3. The van der Waals surface area contributed by atoms with Crippen molar-refractivity contribution >= 4 is 5.96 Å². The fourth-order valence-corrected chi connectivity index (χ4v) is 3.56. The van der Waals surface area contributed by atoms with Crippen molar-refractivity contribution in [3.05, 3.63) is 23.8 Å². The molecule has 1 N–H and O–H groups in total. The van der Waals surface area contributed by atoms with E-state index in [4.69, 9.17) is 9.47 Å². The molecule has 1 fully saturated rings. The molecule has 0 radical (unpaired) electrons. The molecule has 1 heterocycles. The van der Waals surface area contributed by atoms with Gasteiger partial charge < -0.3 is 24.6 Å². The number of rotatable bonds is 9. The van der Waals surface area contributed by atoms with Gasteiger partial charge in [0.1, 0.15) is 0 Å². The highest BCUT2D eigenvalue weighted by Crippen LogP contribution is 2.27. The molecule has 2 rings (SSSR count). The Morgan fingerprint density at radius 1 is 1.22 bits per heavy atom. The van der Waals surface area contributed by atoms with Crippen LogP contribution in [-0.2, 0) is 6.42 Å². The third-order valence-corrected chi connectivity index (χ3v) is 5.13. The quantitative estimate of drug-likeness (QED) is 0.530. The number of guanidine groups is 1. The Morgan fingerprint density at radius 2 is 1.93 bits per heavy atom. The van der Waals surface area contributed by atoms with Crippen molar-refractivity contribution in [1.82, 2.24) is 15.1 Å². The molecule has 0 spiro atoms. The van der Waals surface area contributed by atoms with E-state index >= 15 is 0 Å². The molecule has 1 aromatic rings. The fraction of sp³-hybridized carbons (Fsp3) is 0.667. The molecule has 0 aromatic heterocycles. The summed E-state index contributed by atoms with van der Waals surface area (Å²) in [5, 5.41) is 3.52. The Hall–Kier alpha value is -1.95. The fourth-order valence-electron chi connectivity index (χ4n) is 3.56. The number of likely N-dealkylation sites (tertiary alicyclic amines) is 1. The molecule has 1 aliphatic heterocycles. The number of hydrogen-bond acceptors (Lipinski definition) is 4. The van der Waals surface area contributed by atoms with Crippen LogP contribution in [0.2, 0.25) is 0 Å². The number of methoxy groups -OCH3 is 2. The van der Waals surface area contributed by atoms with Gasteiger partial charge in [0.25, 0.3) is 0 Å². The summed E-state index contributed by atoms with van der Waals surface area (Å²) in [6.07, 6.45) is 3.61. The number of benzene rings is 1. The van der Waals surface area contributed by atoms with Crippen molar-refractivity contribution in [2.45, 2.75) is 26.2 Å². The van der Waals surface area contributed by atoms with Crippen molar-refractivity contribution in [3.8, 4) is 11.5 Å². The largest absolute Gasteiger partial charge is 0.493 e. The topological polar surface area (TPSA) is 49.3 Å². The highest BCUT2D eigenvalue weighted by molar-refractivity contribution is 5.79. The van der Waals surface area contributed by atoms with Gasteiger partial charge in [-0.25, -0.2) is 0 Å². The molecule has 0 saturated carbocycles. The van der Waals surface area contributed by atoms with Crippen molar-refractivity contribution in [2.75, 3.05) is 61.0 Å². The number of hydrogen-bond donors (Lipinski definition) is 1. The van der Waals surface area contributed by atoms with Gasteiger partial charge in [0.15, 0.2) is 17.5 Å². The first-order valence-electron chi connectivity index (χ1n) is 9.92. The number of ether oxygens (including phenoxy) is 2. The molecule has 1 atom stereocenters. The lowest BCUT2D eigenvalue weighted by atomic mass is 10.1. The summed E-state index contributed by atoms with van der Waals surface area (Å²) in [5.74, 6) is 3.10. The summed E-state index contributed by atoms with van der Waals surface area (Å²) >= 11 is 0. The zero-order valence-electron chi connectivity index (χ0n) is 17.6. The Labute approximate surface area is 164 Å². The molecule has 6 heteroatoms. The molecular formula is C21H36N4O2. The van der Waals surface area contributed by atoms with Crippen LogP contribution in [0.15, 0.2) is 23.2 Å². The zero-order valence-corrected chi connectivity index (χ0v) is 17.6. The molecule has 1 aromatic carbocycles. The van der Waals surface area contributed by atoms with Crippen LogP contribution in [0.1, 0.15) is 25.3 Å². The van der Waals surface area contributed by atoms with Gasteiger partial charge in [-0.2, -0.15) is 0 Å². The molecule has 0 amide bonds. The van der Waals surface area contributed by atoms with Gasteiger partial charge in [0.05, 0.1) is 14.2 Å². The average molecular weight is 377 g/mol. The van der Waals surface area contributed by atoms with Crippen LogP contribution in [0.3, 0.4) is 0 Å². The Kier molecular flexibility index (Phi) is 8.72. The monoisotopic (exact) mass is 376 g/mol. The lowest BCUT2D eigenvalue weighted by Crippen LogP contribution is -2.43. The molecule has 1 unspecified atom stereocenters. The van der Waals surface area contributed by atoms with Gasteiger partial charge in [-0.3, -0.25) is 4.99 Å². The Balaban J connectivity index is 1.79. The second-order valence-electron chi connectivity index (χ2n) is 7.40. The van der Waals surface area contributed by atoms with E-state index in [2.05, 4.69) is 40.1 Å². The molecule has 1 aliphatic rings. The number of nitrogens with one attached hydrogen (secondary N) is 1. The first-order valence-corrected chi connectivity index (χ1v) is 9.92. The van der Waals surface area contributed by atoms with E-state index in [-0.39, 0.29) is 0 Å². The maximum Gasteiger partial charge on any atom is 0.193 e. The minimum absolute atomic E-state index is 0.610. The SMILES string of the molecule is CN=C(NCC(C)CN1CCCC1)N(C)CCc1ccc(OC)c(OC)c1. The summed E-state index contributed by atoms with van der Waals surface area (Å²) in [5.41, 5.74) is 1.22. The molecular weight excluding hydrogens is 340 g/mol. The second kappa shape index (κ2) is 11.0. The van der Waals surface area contributed by atoms with Crippen molar-refractivity contribution in [1.29, 1.82) is 0 Å². The summed E-state index contributed by atoms with van der Waals surface area (Å²) < 4.78 is 10.7. The van der Waals surface area contributed by atoms with E-state index in [1.807, 2.05) is 19.2 Å². The molecule has 1 saturated heterocycles. The van der Waals surface area contributed by atoms with Crippen LogP contribution in [0.25, 0.3) is 0 Å². The van der Waals surface area contributed by atoms with Crippen molar-refractivity contribution in [2.24, 2.45) is 10.9 Å². The van der Waals surface area contributed by atoms with Gasteiger partial charge in [0, 0.05) is 33.7 Å². The van der Waals surface area contributed by atoms with Gasteiger partial charge in [-0.1, -0.05) is 13.0 Å². The Morgan fingerprint density at radius 3 is 2.56 bits per heavy atom. The first-order chi connectivity index (χ1) is 13.1. The highest BCUT2D eigenvalue weighted by Gasteiger charge is 2.15. The Bertz CT molecular complexity index is 600. The smallest absolute Gasteiger partial charge is 0.193 e. The predicted molar refractivity (Wildman–Crippen MR) is 112 cm³/mol. The maximum absolute atomic E-state index is 5.39. The molecule has 27 heavy (non-hydrogen) atoms. The van der Waals surface area contributed by atoms with Crippen LogP contribution < -0.4 is 14.8 Å². The van der Waals surface area contributed by atoms with Crippen LogP contribution >= 0.6 is 0 Å². The second-order valence-corrected chi connectivity index (χ2v) is 7.40. The van der Waals surface area contributed by atoms with Gasteiger partial charge in [-0.15, -0.1) is 0 Å². The van der Waals surface area contributed by atoms with Gasteiger partial charge in [0.2, 0.25) is 0 Å². The molecule has 6 nitrogen and oxygen atoms in total. The van der Waals surface area contributed by atoms with E-state index < -0.39 is 0 Å². The van der Waals surface area contributed by atoms with Crippen LogP contribution in [0.5, 0.6) is 11.5 Å². The van der Waals surface area contributed by atoms with E-state index in [0.29, 0.717) is 5.92 Å². The average Bonchev–Trinajstić information content (AvgIpc) is 3.19. The van der Waals surface area contributed by atoms with Crippen LogP contribution in [0, 0.1) is 5.92 Å². The minimum atomic E-state index is 0.610. The third kappa shape index (κ3) is 6.61. The highest BCUT2D eigenvalue weighted by atomic mass is 16.5. The zero-order chi connectivity index (χ0) is 19.6. The van der Waals surface area contributed by atoms with Crippen molar-refractivity contribution in [3.63, 3.8) is 0 Å². The van der Waals surface area contributed by atoms with E-state index in [0.717, 1.165) is 37.0 Å².